The van der Waals surface area contributed by atoms with Gasteiger partial charge in [0.1, 0.15) is 0 Å². The van der Waals surface area contributed by atoms with Crippen LogP contribution in [-0.4, -0.2) is 31.2 Å². The number of carbonyl (C=O) groups excluding carboxylic acids is 1. The quantitative estimate of drug-likeness (QED) is 0.719. The number of amides is 1. The standard InChI is InChI=1S/C11H22N2O2/c1-6-8(13-10(14)7(2)12)11(3,4)9(6)15-5/h6-9H,12H2,1-5H3,(H,13,14). The van der Waals surface area contributed by atoms with Gasteiger partial charge in [0.05, 0.1) is 12.1 Å². The van der Waals surface area contributed by atoms with Crippen molar-refractivity contribution < 1.29 is 9.53 Å². The highest BCUT2D eigenvalue weighted by Gasteiger charge is 2.55. The molecular weight excluding hydrogens is 192 g/mol. The summed E-state index contributed by atoms with van der Waals surface area (Å²) in [5, 5.41) is 2.98. The average molecular weight is 214 g/mol. The lowest BCUT2D eigenvalue weighted by Gasteiger charge is -2.56. The zero-order chi connectivity index (χ0) is 11.8. The van der Waals surface area contributed by atoms with Crippen LogP contribution in [0.15, 0.2) is 0 Å². The lowest BCUT2D eigenvalue weighted by Crippen LogP contribution is -2.68. The van der Waals surface area contributed by atoms with Crippen LogP contribution in [-0.2, 0) is 9.53 Å². The predicted octanol–water partition coefficient (Wildman–Crippen LogP) is 0.509. The van der Waals surface area contributed by atoms with Gasteiger partial charge in [0.25, 0.3) is 0 Å². The Morgan fingerprint density at radius 1 is 1.53 bits per heavy atom. The normalized spacial score (nSPS) is 35.5. The third-order valence-electron chi connectivity index (χ3n) is 3.50. The molecule has 0 aromatic rings. The van der Waals surface area contributed by atoms with E-state index in [-0.39, 0.29) is 23.5 Å². The van der Waals surface area contributed by atoms with Gasteiger partial charge in [-0.1, -0.05) is 20.8 Å². The summed E-state index contributed by atoms with van der Waals surface area (Å²) in [4.78, 5) is 11.5. The van der Waals surface area contributed by atoms with Crippen molar-refractivity contribution in [3.05, 3.63) is 0 Å². The summed E-state index contributed by atoms with van der Waals surface area (Å²) in [7, 11) is 1.71. The van der Waals surface area contributed by atoms with Crippen molar-refractivity contribution in [2.45, 2.75) is 45.9 Å². The van der Waals surface area contributed by atoms with E-state index >= 15 is 0 Å². The molecule has 0 radical (unpaired) electrons. The fourth-order valence-electron chi connectivity index (χ4n) is 2.71. The van der Waals surface area contributed by atoms with E-state index in [0.717, 1.165) is 0 Å². The molecular formula is C11H22N2O2. The smallest absolute Gasteiger partial charge is 0.236 e. The maximum absolute atomic E-state index is 11.5. The Kier molecular flexibility index (Phi) is 3.41. The second-order valence-electron chi connectivity index (χ2n) is 5.11. The first-order valence-corrected chi connectivity index (χ1v) is 5.41. The Morgan fingerprint density at radius 3 is 2.40 bits per heavy atom. The van der Waals surface area contributed by atoms with Crippen LogP contribution in [0.3, 0.4) is 0 Å². The largest absolute Gasteiger partial charge is 0.380 e. The van der Waals surface area contributed by atoms with Gasteiger partial charge in [0.2, 0.25) is 5.91 Å². The summed E-state index contributed by atoms with van der Waals surface area (Å²) in [6, 6.07) is -0.296. The lowest BCUT2D eigenvalue weighted by molar-refractivity contribution is -0.154. The van der Waals surface area contributed by atoms with Gasteiger partial charge < -0.3 is 15.8 Å². The molecule has 0 saturated heterocycles. The summed E-state index contributed by atoms with van der Waals surface area (Å²) in [6.45, 7) is 7.99. The predicted molar refractivity (Wildman–Crippen MR) is 59.3 cm³/mol. The van der Waals surface area contributed by atoms with Gasteiger partial charge in [-0.3, -0.25) is 4.79 Å². The summed E-state index contributed by atoms with van der Waals surface area (Å²) < 4.78 is 5.40. The molecule has 1 aliphatic rings. The van der Waals surface area contributed by atoms with E-state index < -0.39 is 6.04 Å². The molecule has 4 unspecified atom stereocenters. The number of carbonyl (C=O) groups is 1. The van der Waals surface area contributed by atoms with Gasteiger partial charge in [0.15, 0.2) is 0 Å². The van der Waals surface area contributed by atoms with Crippen molar-refractivity contribution >= 4 is 5.91 Å². The number of hydrogen-bond acceptors (Lipinski definition) is 3. The van der Waals surface area contributed by atoms with Crippen molar-refractivity contribution in [3.8, 4) is 0 Å². The van der Waals surface area contributed by atoms with E-state index in [4.69, 9.17) is 10.5 Å². The number of hydrogen-bond donors (Lipinski definition) is 2. The Hall–Kier alpha value is -0.610. The molecule has 3 N–H and O–H groups in total. The molecule has 0 heterocycles. The van der Waals surface area contributed by atoms with Crippen LogP contribution in [0, 0.1) is 11.3 Å². The van der Waals surface area contributed by atoms with Crippen molar-refractivity contribution in [3.63, 3.8) is 0 Å². The molecule has 0 aliphatic heterocycles. The van der Waals surface area contributed by atoms with Gasteiger partial charge >= 0.3 is 0 Å². The van der Waals surface area contributed by atoms with Gasteiger partial charge in [-0.05, 0) is 6.92 Å². The number of nitrogens with one attached hydrogen (secondary N) is 1. The highest BCUT2D eigenvalue weighted by Crippen LogP contribution is 2.46. The van der Waals surface area contributed by atoms with Gasteiger partial charge in [-0.2, -0.15) is 0 Å². The minimum atomic E-state index is -0.449. The van der Waals surface area contributed by atoms with E-state index in [1.165, 1.54) is 0 Å². The molecule has 88 valence electrons. The monoisotopic (exact) mass is 214 g/mol. The maximum atomic E-state index is 11.5. The van der Waals surface area contributed by atoms with Crippen molar-refractivity contribution in [2.24, 2.45) is 17.1 Å². The van der Waals surface area contributed by atoms with Crippen LogP contribution < -0.4 is 11.1 Å². The summed E-state index contributed by atoms with van der Waals surface area (Å²) >= 11 is 0. The van der Waals surface area contributed by atoms with Gasteiger partial charge in [0, 0.05) is 24.5 Å². The Bertz CT molecular complexity index is 251. The number of rotatable bonds is 3. The summed E-state index contributed by atoms with van der Waals surface area (Å²) in [5.41, 5.74) is 5.51. The van der Waals surface area contributed by atoms with Crippen LogP contribution in [0.4, 0.5) is 0 Å². The summed E-state index contributed by atoms with van der Waals surface area (Å²) in [6.07, 6.45) is 0.205. The van der Waals surface area contributed by atoms with Gasteiger partial charge in [-0.25, -0.2) is 0 Å². The highest BCUT2D eigenvalue weighted by atomic mass is 16.5. The first kappa shape index (κ1) is 12.5. The topological polar surface area (TPSA) is 64.3 Å². The number of methoxy groups -OCH3 is 1. The lowest BCUT2D eigenvalue weighted by atomic mass is 9.58. The van der Waals surface area contributed by atoms with Crippen molar-refractivity contribution in [1.82, 2.24) is 5.32 Å². The van der Waals surface area contributed by atoms with Gasteiger partial charge in [-0.15, -0.1) is 0 Å². The third-order valence-corrected chi connectivity index (χ3v) is 3.50. The van der Waals surface area contributed by atoms with E-state index in [1.54, 1.807) is 14.0 Å². The van der Waals surface area contributed by atoms with Crippen molar-refractivity contribution in [2.75, 3.05) is 7.11 Å². The Balaban J connectivity index is 2.62. The third kappa shape index (κ3) is 2.01. The molecule has 0 bridgehead atoms. The SMILES string of the molecule is COC1C(C)C(NC(=O)C(C)N)C1(C)C. The van der Waals surface area contributed by atoms with Crippen LogP contribution >= 0.6 is 0 Å². The molecule has 1 saturated carbocycles. The molecule has 0 spiro atoms. The Morgan fingerprint density at radius 2 is 2.07 bits per heavy atom. The second-order valence-corrected chi connectivity index (χ2v) is 5.11. The van der Waals surface area contributed by atoms with E-state index in [1.807, 2.05) is 0 Å². The maximum Gasteiger partial charge on any atom is 0.236 e. The highest BCUT2D eigenvalue weighted by molar-refractivity contribution is 5.81. The van der Waals surface area contributed by atoms with Crippen LogP contribution in [0.25, 0.3) is 0 Å². The van der Waals surface area contributed by atoms with Crippen molar-refractivity contribution in [1.29, 1.82) is 0 Å². The first-order valence-electron chi connectivity index (χ1n) is 5.41. The minimum absolute atomic E-state index is 0.0152. The zero-order valence-corrected chi connectivity index (χ0v) is 10.2. The zero-order valence-electron chi connectivity index (χ0n) is 10.2. The van der Waals surface area contributed by atoms with Crippen LogP contribution in [0.2, 0.25) is 0 Å². The fourth-order valence-corrected chi connectivity index (χ4v) is 2.71. The van der Waals surface area contributed by atoms with Crippen LogP contribution in [0.5, 0.6) is 0 Å². The van der Waals surface area contributed by atoms with E-state index in [0.29, 0.717) is 5.92 Å². The molecule has 0 aromatic carbocycles. The molecule has 15 heavy (non-hydrogen) atoms. The second kappa shape index (κ2) is 4.10. The Labute approximate surface area is 91.5 Å². The molecule has 1 rings (SSSR count). The molecule has 1 amide bonds. The molecule has 4 heteroatoms. The molecule has 4 nitrogen and oxygen atoms in total. The first-order chi connectivity index (χ1) is 6.82. The van der Waals surface area contributed by atoms with E-state index in [2.05, 4.69) is 26.1 Å². The molecule has 1 fully saturated rings. The number of ether oxygens (including phenoxy) is 1. The molecule has 1 aliphatic carbocycles. The minimum Gasteiger partial charge on any atom is -0.380 e. The average Bonchev–Trinajstić information content (AvgIpc) is 2.13. The molecule has 0 aromatic heterocycles. The van der Waals surface area contributed by atoms with E-state index in [9.17, 15) is 4.79 Å². The summed E-state index contributed by atoms with van der Waals surface area (Å²) in [5.74, 6) is 0.252. The number of nitrogens with two attached hydrogens (primary N) is 1. The fraction of sp³-hybridized carbons (Fsp3) is 0.909. The molecule has 4 atom stereocenters. The van der Waals surface area contributed by atoms with Crippen LogP contribution in [0.1, 0.15) is 27.7 Å².